The van der Waals surface area contributed by atoms with E-state index in [4.69, 9.17) is 0 Å². The van der Waals surface area contributed by atoms with Gasteiger partial charge in [0.05, 0.1) is 0 Å². The lowest BCUT2D eigenvalue weighted by atomic mass is 9.89. The van der Waals surface area contributed by atoms with Gasteiger partial charge in [-0.25, -0.2) is 0 Å². The van der Waals surface area contributed by atoms with E-state index in [1.54, 1.807) is 0 Å². The summed E-state index contributed by atoms with van der Waals surface area (Å²) in [4.78, 5) is 11.9. The van der Waals surface area contributed by atoms with Gasteiger partial charge in [-0.2, -0.15) is 0 Å². The van der Waals surface area contributed by atoms with Gasteiger partial charge in [0.2, 0.25) is 0 Å². The zero-order valence-corrected chi connectivity index (χ0v) is 10.3. The van der Waals surface area contributed by atoms with Gasteiger partial charge in [-0.3, -0.25) is 4.79 Å². The third kappa shape index (κ3) is 2.18. The summed E-state index contributed by atoms with van der Waals surface area (Å²) in [5.74, 6) is 0.923. The van der Waals surface area contributed by atoms with Crippen molar-refractivity contribution < 1.29 is 4.79 Å². The van der Waals surface area contributed by atoms with Crippen molar-refractivity contribution in [2.75, 3.05) is 0 Å². The van der Waals surface area contributed by atoms with Crippen LogP contribution in [0.1, 0.15) is 66.4 Å². The second-order valence-corrected chi connectivity index (χ2v) is 4.85. The molecule has 0 N–H and O–H groups in total. The van der Waals surface area contributed by atoms with Crippen molar-refractivity contribution in [1.82, 2.24) is 0 Å². The molecule has 1 nitrogen and oxygen atoms in total. The molecule has 0 radical (unpaired) electrons. The maximum absolute atomic E-state index is 11.9. The lowest BCUT2D eigenvalue weighted by Crippen LogP contribution is -2.05. The first kappa shape index (κ1) is 11.4. The van der Waals surface area contributed by atoms with Gasteiger partial charge in [0, 0.05) is 12.0 Å². The maximum Gasteiger partial charge on any atom is 0.162 e. The quantitative estimate of drug-likeness (QED) is 0.690. The molecule has 0 spiro atoms. The van der Waals surface area contributed by atoms with Crippen LogP contribution in [0.4, 0.5) is 0 Å². The van der Waals surface area contributed by atoms with E-state index in [9.17, 15) is 4.79 Å². The molecule has 0 saturated heterocycles. The number of hydrogen-bond donors (Lipinski definition) is 0. The van der Waals surface area contributed by atoms with Crippen LogP contribution in [0.3, 0.4) is 0 Å². The van der Waals surface area contributed by atoms with Crippen LogP contribution in [-0.4, -0.2) is 5.78 Å². The van der Waals surface area contributed by atoms with Gasteiger partial charge in [0.25, 0.3) is 0 Å². The van der Waals surface area contributed by atoms with Crippen LogP contribution < -0.4 is 0 Å². The third-order valence-corrected chi connectivity index (χ3v) is 3.62. The first-order valence-electron chi connectivity index (χ1n) is 6.36. The molecule has 1 heteroatoms. The zero-order chi connectivity index (χ0) is 11.5. The fraction of sp³-hybridized carbons (Fsp3) is 0.533. The Morgan fingerprint density at radius 3 is 2.62 bits per heavy atom. The first-order valence-corrected chi connectivity index (χ1v) is 6.36. The Balaban J connectivity index is 2.39. The molecule has 0 aliphatic heterocycles. The summed E-state index contributed by atoms with van der Waals surface area (Å²) >= 11 is 0. The Morgan fingerprint density at radius 2 is 2.00 bits per heavy atom. The number of Topliss-reactive ketones (excluding diaryl/α,β-unsaturated/α-hetero) is 1. The number of hydrogen-bond acceptors (Lipinski definition) is 1. The van der Waals surface area contributed by atoms with Gasteiger partial charge in [0.1, 0.15) is 0 Å². The normalized spacial score (nSPS) is 16.6. The van der Waals surface area contributed by atoms with E-state index in [2.05, 4.69) is 19.1 Å². The molecule has 0 unspecified atom stereocenters. The van der Waals surface area contributed by atoms with Gasteiger partial charge in [-0.05, 0) is 31.2 Å². The summed E-state index contributed by atoms with van der Waals surface area (Å²) in [6, 6.07) is 6.30. The number of carbonyl (C=O) groups excluding carboxylic acids is 1. The van der Waals surface area contributed by atoms with Crippen LogP contribution in [-0.2, 0) is 0 Å². The van der Waals surface area contributed by atoms with Crippen molar-refractivity contribution >= 4 is 5.78 Å². The molecule has 0 heterocycles. The van der Waals surface area contributed by atoms with E-state index in [1.165, 1.54) is 36.8 Å². The monoisotopic (exact) mass is 216 g/mol. The number of rotatable bonds is 3. The Labute approximate surface area is 97.9 Å². The molecule has 16 heavy (non-hydrogen) atoms. The Kier molecular flexibility index (Phi) is 3.42. The van der Waals surface area contributed by atoms with E-state index >= 15 is 0 Å². The maximum atomic E-state index is 11.9. The summed E-state index contributed by atoms with van der Waals surface area (Å²) in [5, 5.41) is 0. The summed E-state index contributed by atoms with van der Waals surface area (Å²) < 4.78 is 0. The second-order valence-electron chi connectivity index (χ2n) is 4.85. The molecule has 1 saturated carbocycles. The van der Waals surface area contributed by atoms with Crippen LogP contribution >= 0.6 is 0 Å². The predicted octanol–water partition coefficient (Wildman–Crippen LogP) is 4.25. The topological polar surface area (TPSA) is 17.1 Å². The fourth-order valence-corrected chi connectivity index (χ4v) is 2.70. The van der Waals surface area contributed by atoms with Gasteiger partial charge >= 0.3 is 0 Å². The molecular formula is C15H20O. The SMILES string of the molecule is CCC(=O)c1ccc(C)cc1C1CCCC1. The van der Waals surface area contributed by atoms with Crippen molar-refractivity contribution in [2.45, 2.75) is 51.9 Å². The molecule has 1 fully saturated rings. The minimum atomic E-state index is 0.293. The highest BCUT2D eigenvalue weighted by molar-refractivity contribution is 5.97. The number of benzene rings is 1. The molecular weight excluding hydrogens is 196 g/mol. The molecule has 0 aromatic heterocycles. The van der Waals surface area contributed by atoms with E-state index in [1.807, 2.05) is 13.0 Å². The van der Waals surface area contributed by atoms with E-state index in [-0.39, 0.29) is 0 Å². The van der Waals surface area contributed by atoms with E-state index in [0.29, 0.717) is 18.1 Å². The lowest BCUT2D eigenvalue weighted by molar-refractivity contribution is 0.0987. The Bertz CT molecular complexity index is 386. The summed E-state index contributed by atoms with van der Waals surface area (Å²) in [6.07, 6.45) is 5.76. The van der Waals surface area contributed by atoms with Crippen molar-refractivity contribution in [3.63, 3.8) is 0 Å². The molecule has 0 bridgehead atoms. The molecule has 1 aliphatic rings. The minimum absolute atomic E-state index is 0.293. The molecule has 0 atom stereocenters. The van der Waals surface area contributed by atoms with Crippen molar-refractivity contribution in [1.29, 1.82) is 0 Å². The van der Waals surface area contributed by atoms with Gasteiger partial charge in [0.15, 0.2) is 5.78 Å². The largest absolute Gasteiger partial charge is 0.294 e. The predicted molar refractivity (Wildman–Crippen MR) is 67.0 cm³/mol. The number of carbonyl (C=O) groups is 1. The average Bonchev–Trinajstić information content (AvgIpc) is 2.81. The van der Waals surface area contributed by atoms with Gasteiger partial charge < -0.3 is 0 Å². The molecule has 1 aromatic carbocycles. The standard InChI is InChI=1S/C15H20O/c1-3-15(16)13-9-8-11(2)10-14(13)12-6-4-5-7-12/h8-10,12H,3-7H2,1-2H3. The second kappa shape index (κ2) is 4.82. The van der Waals surface area contributed by atoms with Crippen LogP contribution in [0.25, 0.3) is 0 Å². The first-order chi connectivity index (χ1) is 7.72. The van der Waals surface area contributed by atoms with Gasteiger partial charge in [-0.1, -0.05) is 43.5 Å². The number of ketones is 1. The highest BCUT2D eigenvalue weighted by atomic mass is 16.1. The summed E-state index contributed by atoms with van der Waals surface area (Å²) in [5.41, 5.74) is 3.55. The Hall–Kier alpha value is -1.11. The molecule has 0 amide bonds. The highest BCUT2D eigenvalue weighted by Gasteiger charge is 2.21. The van der Waals surface area contributed by atoms with Crippen molar-refractivity contribution in [3.05, 3.63) is 34.9 Å². The molecule has 2 rings (SSSR count). The van der Waals surface area contributed by atoms with Crippen molar-refractivity contribution in [2.24, 2.45) is 0 Å². The molecule has 86 valence electrons. The lowest BCUT2D eigenvalue weighted by Gasteiger charge is -2.15. The molecule has 1 aromatic rings. The molecule has 1 aliphatic carbocycles. The van der Waals surface area contributed by atoms with E-state index in [0.717, 1.165) is 5.56 Å². The fourth-order valence-electron chi connectivity index (χ4n) is 2.70. The summed E-state index contributed by atoms with van der Waals surface area (Å²) in [7, 11) is 0. The van der Waals surface area contributed by atoms with Gasteiger partial charge in [-0.15, -0.1) is 0 Å². The highest BCUT2D eigenvalue weighted by Crippen LogP contribution is 2.36. The zero-order valence-electron chi connectivity index (χ0n) is 10.3. The van der Waals surface area contributed by atoms with Crippen LogP contribution in [0.2, 0.25) is 0 Å². The summed E-state index contributed by atoms with van der Waals surface area (Å²) in [6.45, 7) is 4.05. The minimum Gasteiger partial charge on any atom is -0.294 e. The number of aryl methyl sites for hydroxylation is 1. The van der Waals surface area contributed by atoms with Crippen LogP contribution in [0.15, 0.2) is 18.2 Å². The average molecular weight is 216 g/mol. The van der Waals surface area contributed by atoms with Crippen molar-refractivity contribution in [3.8, 4) is 0 Å². The third-order valence-electron chi connectivity index (χ3n) is 3.62. The van der Waals surface area contributed by atoms with Crippen LogP contribution in [0.5, 0.6) is 0 Å². The van der Waals surface area contributed by atoms with Crippen LogP contribution in [0, 0.1) is 6.92 Å². The smallest absolute Gasteiger partial charge is 0.162 e. The Morgan fingerprint density at radius 1 is 1.31 bits per heavy atom. The van der Waals surface area contributed by atoms with E-state index < -0.39 is 0 Å².